The monoisotopic (exact) mass is 329 g/mol. The maximum atomic E-state index is 5.92. The van der Waals surface area contributed by atoms with Crippen LogP contribution in [0.4, 0.5) is 5.82 Å². The van der Waals surface area contributed by atoms with Gasteiger partial charge in [0.2, 0.25) is 0 Å². The fraction of sp³-hybridized carbons (Fsp3) is 0.353. The molecule has 23 heavy (non-hydrogen) atoms. The maximum absolute atomic E-state index is 5.92. The van der Waals surface area contributed by atoms with Crippen LogP contribution in [-0.4, -0.2) is 26.1 Å². The lowest BCUT2D eigenvalue weighted by atomic mass is 10.1. The van der Waals surface area contributed by atoms with E-state index in [9.17, 15) is 0 Å². The quantitative estimate of drug-likeness (QED) is 0.697. The minimum Gasteiger partial charge on any atom is -0.370 e. The Morgan fingerprint density at radius 1 is 1.17 bits per heavy atom. The van der Waals surface area contributed by atoms with Gasteiger partial charge in [0.05, 0.1) is 0 Å². The topological polar surface area (TPSA) is 55.1 Å². The van der Waals surface area contributed by atoms with Crippen LogP contribution in [0, 0.1) is 6.92 Å². The number of aryl methyl sites for hydroxylation is 1. The highest BCUT2D eigenvalue weighted by molar-refractivity contribution is 6.30. The normalized spacial score (nSPS) is 11.1. The van der Waals surface area contributed by atoms with Gasteiger partial charge < -0.3 is 5.32 Å². The zero-order valence-corrected chi connectivity index (χ0v) is 14.1. The van der Waals surface area contributed by atoms with Crippen LogP contribution < -0.4 is 5.32 Å². The maximum Gasteiger partial charge on any atom is 0.254 e. The summed E-state index contributed by atoms with van der Waals surface area (Å²) in [5, 5.41) is 8.75. The highest BCUT2D eigenvalue weighted by atomic mass is 35.5. The lowest BCUT2D eigenvalue weighted by Gasteiger charge is -2.07. The first-order valence-corrected chi connectivity index (χ1v) is 8.25. The number of fused-ring (bicyclic) bond motifs is 1. The van der Waals surface area contributed by atoms with Gasteiger partial charge in [0.1, 0.15) is 5.82 Å². The molecule has 2 heterocycles. The van der Waals surface area contributed by atoms with Gasteiger partial charge in [0, 0.05) is 29.7 Å². The van der Waals surface area contributed by atoms with Crippen molar-refractivity contribution in [3.63, 3.8) is 0 Å². The van der Waals surface area contributed by atoms with E-state index in [-0.39, 0.29) is 0 Å². The van der Waals surface area contributed by atoms with Gasteiger partial charge >= 0.3 is 0 Å². The molecule has 3 aromatic rings. The Bertz CT molecular complexity index is 795. The van der Waals surface area contributed by atoms with Crippen LogP contribution in [-0.2, 0) is 6.42 Å². The summed E-state index contributed by atoms with van der Waals surface area (Å²) in [7, 11) is 0. The molecule has 3 rings (SSSR count). The molecule has 0 saturated carbocycles. The molecule has 0 bridgehead atoms. The Hall–Kier alpha value is -2.14. The summed E-state index contributed by atoms with van der Waals surface area (Å²) >= 11 is 5.92. The molecular formula is C17H20ClN5. The molecule has 0 atom stereocenters. The van der Waals surface area contributed by atoms with Crippen molar-refractivity contribution in [1.82, 2.24) is 19.6 Å². The number of nitrogens with zero attached hydrogens (tertiary/aromatic N) is 4. The molecule has 0 radical (unpaired) electrons. The number of rotatable bonds is 6. The smallest absolute Gasteiger partial charge is 0.254 e. The molecule has 1 N–H and O–H groups in total. The molecule has 0 saturated heterocycles. The second kappa shape index (κ2) is 6.96. The van der Waals surface area contributed by atoms with Crippen LogP contribution in [0.5, 0.6) is 0 Å². The molecule has 2 aromatic heterocycles. The van der Waals surface area contributed by atoms with Gasteiger partial charge in [-0.1, -0.05) is 37.1 Å². The summed E-state index contributed by atoms with van der Waals surface area (Å²) < 4.78 is 1.79. The van der Waals surface area contributed by atoms with Crippen LogP contribution in [0.15, 0.2) is 30.3 Å². The Labute approximate surface area is 140 Å². The highest BCUT2D eigenvalue weighted by Gasteiger charge is 2.10. The van der Waals surface area contributed by atoms with E-state index in [0.29, 0.717) is 12.2 Å². The molecular weight excluding hydrogens is 310 g/mol. The minimum atomic E-state index is 0.632. The zero-order chi connectivity index (χ0) is 16.2. The number of nitrogens with one attached hydrogen (secondary N) is 1. The van der Waals surface area contributed by atoms with E-state index in [4.69, 9.17) is 11.6 Å². The van der Waals surface area contributed by atoms with Crippen molar-refractivity contribution in [2.24, 2.45) is 0 Å². The summed E-state index contributed by atoms with van der Waals surface area (Å²) in [6.45, 7) is 5.06. The molecule has 0 amide bonds. The fourth-order valence-electron chi connectivity index (χ4n) is 2.41. The molecule has 0 aliphatic carbocycles. The van der Waals surface area contributed by atoms with Gasteiger partial charge in [0.15, 0.2) is 5.82 Å². The second-order valence-electron chi connectivity index (χ2n) is 5.61. The summed E-state index contributed by atoms with van der Waals surface area (Å²) in [5.41, 5.74) is 2.06. The molecule has 0 aliphatic rings. The number of halogens is 1. The molecule has 0 fully saturated rings. The Morgan fingerprint density at radius 3 is 2.70 bits per heavy atom. The van der Waals surface area contributed by atoms with Crippen molar-refractivity contribution < 1.29 is 0 Å². The van der Waals surface area contributed by atoms with E-state index < -0.39 is 0 Å². The van der Waals surface area contributed by atoms with Crippen molar-refractivity contribution in [3.8, 4) is 0 Å². The molecule has 0 aliphatic heterocycles. The summed E-state index contributed by atoms with van der Waals surface area (Å²) in [5.74, 6) is 2.33. The lowest BCUT2D eigenvalue weighted by Crippen LogP contribution is -2.08. The average Bonchev–Trinajstić information content (AvgIpc) is 2.92. The third kappa shape index (κ3) is 3.79. The number of anilines is 1. The molecule has 0 unspecified atom stereocenters. The first-order chi connectivity index (χ1) is 11.2. The number of benzene rings is 1. The van der Waals surface area contributed by atoms with Gasteiger partial charge in [0.25, 0.3) is 5.78 Å². The molecule has 6 heteroatoms. The number of hydrogen-bond acceptors (Lipinski definition) is 4. The van der Waals surface area contributed by atoms with E-state index in [0.717, 1.165) is 47.3 Å². The SMILES string of the molecule is CCCCNc1cc(C)nc2nc(Cc3ccc(Cl)cc3)nn12. The first kappa shape index (κ1) is 15.7. The largest absolute Gasteiger partial charge is 0.370 e. The molecule has 5 nitrogen and oxygen atoms in total. The third-order valence-corrected chi connectivity index (χ3v) is 3.85. The van der Waals surface area contributed by atoms with E-state index in [2.05, 4.69) is 27.3 Å². The van der Waals surface area contributed by atoms with Crippen molar-refractivity contribution >= 4 is 23.2 Å². The molecule has 0 spiro atoms. The second-order valence-corrected chi connectivity index (χ2v) is 6.04. The highest BCUT2D eigenvalue weighted by Crippen LogP contribution is 2.15. The number of aromatic nitrogens is 4. The van der Waals surface area contributed by atoms with Crippen molar-refractivity contribution in [2.75, 3.05) is 11.9 Å². The predicted octanol–water partition coefficient (Wildman–Crippen LogP) is 3.89. The molecule has 1 aromatic carbocycles. The lowest BCUT2D eigenvalue weighted by molar-refractivity contribution is 0.815. The van der Waals surface area contributed by atoms with Crippen LogP contribution >= 0.6 is 11.6 Å². The van der Waals surface area contributed by atoms with E-state index in [1.54, 1.807) is 4.52 Å². The van der Waals surface area contributed by atoms with Crippen molar-refractivity contribution in [1.29, 1.82) is 0 Å². The van der Waals surface area contributed by atoms with Crippen LogP contribution in [0.2, 0.25) is 5.02 Å². The minimum absolute atomic E-state index is 0.632. The van der Waals surface area contributed by atoms with E-state index in [1.807, 2.05) is 37.3 Å². The number of unbranched alkanes of at least 4 members (excludes halogenated alkanes) is 1. The Morgan fingerprint density at radius 2 is 1.96 bits per heavy atom. The Balaban J connectivity index is 1.88. The van der Waals surface area contributed by atoms with Gasteiger partial charge in [-0.05, 0) is 31.0 Å². The van der Waals surface area contributed by atoms with E-state index in [1.165, 1.54) is 0 Å². The van der Waals surface area contributed by atoms with Gasteiger partial charge in [-0.2, -0.15) is 9.50 Å². The number of hydrogen-bond donors (Lipinski definition) is 1. The fourth-order valence-corrected chi connectivity index (χ4v) is 2.53. The predicted molar refractivity (Wildman–Crippen MR) is 93.2 cm³/mol. The molecule has 120 valence electrons. The standard InChI is InChI=1S/C17H20ClN5/c1-3-4-9-19-16-10-12(2)20-17-21-15(22-23(16)17)11-13-5-7-14(18)8-6-13/h5-8,10,19H,3-4,9,11H2,1-2H3. The zero-order valence-electron chi connectivity index (χ0n) is 13.4. The van der Waals surface area contributed by atoms with Gasteiger partial charge in [-0.25, -0.2) is 4.98 Å². The van der Waals surface area contributed by atoms with Gasteiger partial charge in [-0.15, -0.1) is 5.10 Å². The average molecular weight is 330 g/mol. The first-order valence-electron chi connectivity index (χ1n) is 7.87. The Kier molecular flexibility index (Phi) is 4.76. The van der Waals surface area contributed by atoms with Crippen LogP contribution in [0.3, 0.4) is 0 Å². The summed E-state index contributed by atoms with van der Waals surface area (Å²) in [6, 6.07) is 9.75. The van der Waals surface area contributed by atoms with Crippen molar-refractivity contribution in [3.05, 3.63) is 52.4 Å². The third-order valence-electron chi connectivity index (χ3n) is 3.60. The van der Waals surface area contributed by atoms with Crippen molar-refractivity contribution in [2.45, 2.75) is 33.1 Å². The van der Waals surface area contributed by atoms with Crippen LogP contribution in [0.1, 0.15) is 36.8 Å². The van der Waals surface area contributed by atoms with E-state index >= 15 is 0 Å². The van der Waals surface area contributed by atoms with Gasteiger partial charge in [-0.3, -0.25) is 0 Å². The summed E-state index contributed by atoms with van der Waals surface area (Å²) in [4.78, 5) is 9.02. The summed E-state index contributed by atoms with van der Waals surface area (Å²) in [6.07, 6.45) is 2.93. The van der Waals surface area contributed by atoms with Crippen LogP contribution in [0.25, 0.3) is 5.78 Å².